The fourth-order valence-corrected chi connectivity index (χ4v) is 3.98. The standard InChI is InChI=1S/C22H27N3OS/c1-16-6-10-18(11-7-16)22(14-4-5-15-22)24-21(27)23-19-12-8-17(9-13-19)20(26)25(2)3/h6-13H,4-5,14-15H2,1-3H3,(H2,23,24,27). The Labute approximate surface area is 167 Å². The van der Waals surface area contributed by atoms with Gasteiger partial charge in [0.05, 0.1) is 5.54 Å². The molecule has 4 nitrogen and oxygen atoms in total. The van der Waals surface area contributed by atoms with Gasteiger partial charge >= 0.3 is 0 Å². The first-order chi connectivity index (χ1) is 12.9. The highest BCUT2D eigenvalue weighted by atomic mass is 32.1. The number of carbonyl (C=O) groups is 1. The highest BCUT2D eigenvalue weighted by Crippen LogP contribution is 2.38. The number of anilines is 1. The maximum absolute atomic E-state index is 12.0. The zero-order chi connectivity index (χ0) is 19.4. The number of thiocarbonyl (C=S) groups is 1. The minimum absolute atomic E-state index is 0.00784. The fourth-order valence-electron chi connectivity index (χ4n) is 3.67. The molecule has 0 aromatic heterocycles. The van der Waals surface area contributed by atoms with Gasteiger partial charge in [0, 0.05) is 25.3 Å². The summed E-state index contributed by atoms with van der Waals surface area (Å²) in [4.78, 5) is 13.6. The molecule has 1 saturated carbocycles. The third-order valence-corrected chi connectivity index (χ3v) is 5.41. The van der Waals surface area contributed by atoms with Crippen molar-refractivity contribution in [2.45, 2.75) is 38.1 Å². The number of benzene rings is 2. The van der Waals surface area contributed by atoms with Crippen molar-refractivity contribution in [3.05, 3.63) is 65.2 Å². The molecule has 0 bridgehead atoms. The van der Waals surface area contributed by atoms with Gasteiger partial charge in [0.1, 0.15) is 0 Å². The van der Waals surface area contributed by atoms with Crippen LogP contribution in [0.1, 0.15) is 47.2 Å². The summed E-state index contributed by atoms with van der Waals surface area (Å²) in [6.45, 7) is 2.11. The van der Waals surface area contributed by atoms with Crippen LogP contribution in [0.2, 0.25) is 0 Å². The highest BCUT2D eigenvalue weighted by Gasteiger charge is 2.36. The Bertz CT molecular complexity index is 806. The highest BCUT2D eigenvalue weighted by molar-refractivity contribution is 7.80. The topological polar surface area (TPSA) is 44.4 Å². The number of aryl methyl sites for hydroxylation is 1. The Balaban J connectivity index is 1.70. The van der Waals surface area contributed by atoms with Crippen molar-refractivity contribution in [1.29, 1.82) is 0 Å². The molecule has 1 amide bonds. The number of rotatable bonds is 4. The Morgan fingerprint density at radius 3 is 2.15 bits per heavy atom. The van der Waals surface area contributed by atoms with E-state index in [1.165, 1.54) is 24.0 Å². The molecule has 3 rings (SSSR count). The van der Waals surface area contributed by atoms with Crippen LogP contribution in [0, 0.1) is 6.92 Å². The third kappa shape index (κ3) is 4.48. The Morgan fingerprint density at radius 2 is 1.59 bits per heavy atom. The van der Waals surface area contributed by atoms with Crippen molar-refractivity contribution in [2.75, 3.05) is 19.4 Å². The second-order valence-electron chi connectivity index (χ2n) is 7.51. The maximum atomic E-state index is 12.0. The molecular weight excluding hydrogens is 354 g/mol. The summed E-state index contributed by atoms with van der Waals surface area (Å²) in [5.74, 6) is -0.00784. The number of carbonyl (C=O) groups excluding carboxylic acids is 1. The van der Waals surface area contributed by atoms with E-state index in [0.717, 1.165) is 18.5 Å². The second kappa shape index (κ2) is 8.09. The summed E-state index contributed by atoms with van der Waals surface area (Å²) < 4.78 is 0. The van der Waals surface area contributed by atoms with Crippen LogP contribution in [0.5, 0.6) is 0 Å². The average molecular weight is 382 g/mol. The number of hydrogen-bond donors (Lipinski definition) is 2. The predicted octanol–water partition coefficient (Wildman–Crippen LogP) is 4.45. The molecular formula is C22H27N3OS. The fraction of sp³-hybridized carbons (Fsp3) is 0.364. The van der Waals surface area contributed by atoms with Crippen molar-refractivity contribution in [3.8, 4) is 0 Å². The number of nitrogens with zero attached hydrogens (tertiary/aromatic N) is 1. The number of hydrogen-bond acceptors (Lipinski definition) is 2. The first-order valence-corrected chi connectivity index (χ1v) is 9.78. The van der Waals surface area contributed by atoms with Crippen LogP contribution in [-0.2, 0) is 5.54 Å². The largest absolute Gasteiger partial charge is 0.353 e. The Kier molecular flexibility index (Phi) is 5.80. The van der Waals surface area contributed by atoms with Gasteiger partial charge in [0.25, 0.3) is 5.91 Å². The summed E-state index contributed by atoms with van der Waals surface area (Å²) in [7, 11) is 3.50. The SMILES string of the molecule is Cc1ccc(C2(NC(=S)Nc3ccc(C(=O)N(C)C)cc3)CCCC2)cc1. The molecule has 1 aliphatic carbocycles. The van der Waals surface area contributed by atoms with Crippen molar-refractivity contribution < 1.29 is 4.79 Å². The van der Waals surface area contributed by atoms with E-state index in [-0.39, 0.29) is 11.4 Å². The van der Waals surface area contributed by atoms with E-state index >= 15 is 0 Å². The first-order valence-electron chi connectivity index (χ1n) is 9.38. The number of nitrogens with one attached hydrogen (secondary N) is 2. The van der Waals surface area contributed by atoms with Gasteiger partial charge in [-0.2, -0.15) is 0 Å². The molecule has 0 spiro atoms. The molecule has 2 aromatic rings. The molecule has 1 aliphatic rings. The molecule has 0 unspecified atom stereocenters. The van der Waals surface area contributed by atoms with Crippen LogP contribution in [0.4, 0.5) is 5.69 Å². The van der Waals surface area contributed by atoms with Crippen molar-refractivity contribution in [2.24, 2.45) is 0 Å². The lowest BCUT2D eigenvalue weighted by Crippen LogP contribution is -2.45. The molecule has 5 heteroatoms. The van der Waals surface area contributed by atoms with Crippen LogP contribution >= 0.6 is 12.2 Å². The minimum atomic E-state index is -0.0986. The van der Waals surface area contributed by atoms with Crippen molar-refractivity contribution in [3.63, 3.8) is 0 Å². The molecule has 0 aliphatic heterocycles. The monoisotopic (exact) mass is 381 g/mol. The summed E-state index contributed by atoms with van der Waals surface area (Å²) in [5, 5.41) is 7.46. The van der Waals surface area contributed by atoms with E-state index in [4.69, 9.17) is 12.2 Å². The van der Waals surface area contributed by atoms with Gasteiger partial charge in [0.2, 0.25) is 0 Å². The summed E-state index contributed by atoms with van der Waals surface area (Å²) >= 11 is 5.60. The summed E-state index contributed by atoms with van der Waals surface area (Å²) in [6, 6.07) is 16.1. The molecule has 0 atom stereocenters. The normalized spacial score (nSPS) is 15.2. The summed E-state index contributed by atoms with van der Waals surface area (Å²) in [6.07, 6.45) is 4.55. The number of amides is 1. The quantitative estimate of drug-likeness (QED) is 0.768. The van der Waals surface area contributed by atoms with E-state index in [1.807, 2.05) is 24.3 Å². The van der Waals surface area contributed by atoms with E-state index < -0.39 is 0 Å². The molecule has 0 heterocycles. The van der Waals surface area contributed by atoms with Crippen LogP contribution in [-0.4, -0.2) is 30.0 Å². The average Bonchev–Trinajstić information content (AvgIpc) is 3.11. The smallest absolute Gasteiger partial charge is 0.253 e. The molecule has 2 aromatic carbocycles. The van der Waals surface area contributed by atoms with Crippen LogP contribution in [0.25, 0.3) is 0 Å². The van der Waals surface area contributed by atoms with E-state index in [1.54, 1.807) is 19.0 Å². The zero-order valence-corrected chi connectivity index (χ0v) is 17.0. The van der Waals surface area contributed by atoms with Gasteiger partial charge in [-0.1, -0.05) is 42.7 Å². The Hall–Kier alpha value is -2.40. The lowest BCUT2D eigenvalue weighted by molar-refractivity contribution is 0.0827. The molecule has 142 valence electrons. The Morgan fingerprint density at radius 1 is 1.00 bits per heavy atom. The van der Waals surface area contributed by atoms with Gasteiger partial charge in [-0.3, -0.25) is 4.79 Å². The van der Waals surface area contributed by atoms with Crippen LogP contribution in [0.15, 0.2) is 48.5 Å². The predicted molar refractivity (Wildman–Crippen MR) is 115 cm³/mol. The minimum Gasteiger partial charge on any atom is -0.353 e. The van der Waals surface area contributed by atoms with E-state index in [2.05, 4.69) is 41.8 Å². The molecule has 0 saturated heterocycles. The van der Waals surface area contributed by atoms with Gasteiger partial charge in [-0.05, 0) is 61.8 Å². The second-order valence-corrected chi connectivity index (χ2v) is 7.92. The lowest BCUT2D eigenvalue weighted by Gasteiger charge is -2.32. The van der Waals surface area contributed by atoms with Crippen LogP contribution < -0.4 is 10.6 Å². The van der Waals surface area contributed by atoms with Crippen molar-refractivity contribution >= 4 is 28.9 Å². The molecule has 0 radical (unpaired) electrons. The van der Waals surface area contributed by atoms with Gasteiger partial charge in [0.15, 0.2) is 5.11 Å². The molecule has 1 fully saturated rings. The van der Waals surface area contributed by atoms with Gasteiger partial charge in [-0.15, -0.1) is 0 Å². The zero-order valence-electron chi connectivity index (χ0n) is 16.2. The first kappa shape index (κ1) is 19.4. The summed E-state index contributed by atoms with van der Waals surface area (Å²) in [5.41, 5.74) is 4.00. The lowest BCUT2D eigenvalue weighted by atomic mass is 9.88. The maximum Gasteiger partial charge on any atom is 0.253 e. The van der Waals surface area contributed by atoms with Gasteiger partial charge < -0.3 is 15.5 Å². The van der Waals surface area contributed by atoms with Crippen LogP contribution in [0.3, 0.4) is 0 Å². The van der Waals surface area contributed by atoms with Crippen molar-refractivity contribution in [1.82, 2.24) is 10.2 Å². The van der Waals surface area contributed by atoms with E-state index in [9.17, 15) is 4.79 Å². The molecule has 27 heavy (non-hydrogen) atoms. The van der Waals surface area contributed by atoms with E-state index in [0.29, 0.717) is 10.7 Å². The third-order valence-electron chi connectivity index (χ3n) is 5.21. The molecule has 2 N–H and O–H groups in total. The van der Waals surface area contributed by atoms with Gasteiger partial charge in [-0.25, -0.2) is 0 Å².